The first-order chi connectivity index (χ1) is 6.95. The molecule has 1 aliphatic carbocycles. The number of aromatic nitrogens is 2. The Morgan fingerprint density at radius 1 is 1.36 bits per heavy atom. The van der Waals surface area contributed by atoms with Gasteiger partial charge in [0.25, 0.3) is 0 Å². The van der Waals surface area contributed by atoms with E-state index in [1.54, 1.807) is 0 Å². The molecule has 1 aromatic rings. The highest BCUT2D eigenvalue weighted by atomic mass is 15.2. The third-order valence-electron chi connectivity index (χ3n) is 3.54. The minimum absolute atomic E-state index is 0.800. The molecule has 0 saturated heterocycles. The second kappa shape index (κ2) is 3.39. The van der Waals surface area contributed by atoms with E-state index in [4.69, 9.17) is 0 Å². The highest BCUT2D eigenvalue weighted by Crippen LogP contribution is 2.34. The first kappa shape index (κ1) is 8.48. The Morgan fingerprint density at radius 3 is 3.07 bits per heavy atom. The summed E-state index contributed by atoms with van der Waals surface area (Å²) in [5, 5.41) is 3.36. The first-order valence-corrected chi connectivity index (χ1v) is 5.70. The van der Waals surface area contributed by atoms with Gasteiger partial charge in [0, 0.05) is 30.9 Å². The van der Waals surface area contributed by atoms with E-state index < -0.39 is 0 Å². The molecule has 0 aromatic carbocycles. The molecule has 0 bridgehead atoms. The van der Waals surface area contributed by atoms with Crippen LogP contribution in [-0.2, 0) is 13.1 Å². The molecule has 3 rings (SSSR count). The summed E-state index contributed by atoms with van der Waals surface area (Å²) in [5.41, 5.74) is 1.50. The number of fused-ring (bicyclic) bond motifs is 1. The van der Waals surface area contributed by atoms with E-state index in [0.717, 1.165) is 25.6 Å². The fourth-order valence-corrected chi connectivity index (χ4v) is 2.77. The van der Waals surface area contributed by atoms with E-state index >= 15 is 0 Å². The third kappa shape index (κ3) is 1.27. The molecule has 1 aliphatic heterocycles. The summed E-state index contributed by atoms with van der Waals surface area (Å²) in [6, 6.07) is 0. The zero-order valence-corrected chi connectivity index (χ0v) is 8.50. The molecule has 0 amide bonds. The monoisotopic (exact) mass is 191 g/mol. The summed E-state index contributed by atoms with van der Waals surface area (Å²) < 4.78 is 2.44. The average molecular weight is 191 g/mol. The predicted octanol–water partition coefficient (Wildman–Crippen LogP) is 1.64. The lowest BCUT2D eigenvalue weighted by Gasteiger charge is -2.20. The zero-order valence-electron chi connectivity index (χ0n) is 8.50. The molecule has 1 saturated carbocycles. The lowest BCUT2D eigenvalue weighted by Crippen LogP contribution is -2.29. The van der Waals surface area contributed by atoms with Crippen molar-refractivity contribution in [3.63, 3.8) is 0 Å². The van der Waals surface area contributed by atoms with E-state index in [-0.39, 0.29) is 0 Å². The van der Waals surface area contributed by atoms with E-state index in [2.05, 4.69) is 21.1 Å². The summed E-state index contributed by atoms with van der Waals surface area (Å²) in [6.45, 7) is 3.16. The van der Waals surface area contributed by atoms with Crippen LogP contribution >= 0.6 is 0 Å². The van der Waals surface area contributed by atoms with Crippen molar-refractivity contribution in [3.8, 4) is 0 Å². The van der Waals surface area contributed by atoms with Crippen molar-refractivity contribution in [1.82, 2.24) is 14.9 Å². The van der Waals surface area contributed by atoms with Crippen molar-refractivity contribution < 1.29 is 0 Å². The Hall–Kier alpha value is -0.830. The molecule has 0 unspecified atom stereocenters. The lowest BCUT2D eigenvalue weighted by atomic mass is 10.0. The second-order valence-electron chi connectivity index (χ2n) is 4.41. The molecule has 1 aromatic heterocycles. The minimum Gasteiger partial charge on any atom is -0.329 e. The molecule has 2 aliphatic rings. The predicted molar refractivity (Wildman–Crippen MR) is 55.1 cm³/mol. The van der Waals surface area contributed by atoms with Crippen LogP contribution in [0.15, 0.2) is 6.20 Å². The van der Waals surface area contributed by atoms with Crippen molar-refractivity contribution in [1.29, 1.82) is 0 Å². The van der Waals surface area contributed by atoms with E-state index in [1.165, 1.54) is 37.2 Å². The second-order valence-corrected chi connectivity index (χ2v) is 4.41. The summed E-state index contributed by atoms with van der Waals surface area (Å²) in [7, 11) is 0. The molecular weight excluding hydrogens is 174 g/mol. The van der Waals surface area contributed by atoms with Crippen molar-refractivity contribution in [2.24, 2.45) is 0 Å². The smallest absolute Gasteiger partial charge is 0.122 e. The minimum atomic E-state index is 0.800. The van der Waals surface area contributed by atoms with E-state index in [9.17, 15) is 0 Å². The quantitative estimate of drug-likeness (QED) is 0.731. The fraction of sp³-hybridized carbons (Fsp3) is 0.727. The van der Waals surface area contributed by atoms with Crippen LogP contribution in [-0.4, -0.2) is 16.1 Å². The number of hydrogen-bond acceptors (Lipinski definition) is 2. The Kier molecular flexibility index (Phi) is 2.05. The fourth-order valence-electron chi connectivity index (χ4n) is 2.77. The maximum atomic E-state index is 4.50. The maximum absolute atomic E-state index is 4.50. The average Bonchev–Trinajstić information content (AvgIpc) is 2.85. The molecule has 1 N–H and O–H groups in total. The molecule has 76 valence electrons. The third-order valence-corrected chi connectivity index (χ3v) is 3.54. The number of hydrogen-bond donors (Lipinski definition) is 1. The van der Waals surface area contributed by atoms with Gasteiger partial charge in [0.05, 0.1) is 6.54 Å². The number of imidazole rings is 1. The number of rotatable bonds is 1. The van der Waals surface area contributed by atoms with Crippen LogP contribution in [0.2, 0.25) is 0 Å². The first-order valence-electron chi connectivity index (χ1n) is 5.70. The van der Waals surface area contributed by atoms with Crippen LogP contribution in [0.25, 0.3) is 0 Å². The SMILES string of the molecule is c1nc2n(c1C1CCCC1)CCNC2. The van der Waals surface area contributed by atoms with Crippen LogP contribution < -0.4 is 5.32 Å². The van der Waals surface area contributed by atoms with Gasteiger partial charge in [-0.1, -0.05) is 12.8 Å². The molecule has 2 heterocycles. The number of nitrogens with one attached hydrogen (secondary N) is 1. The van der Waals surface area contributed by atoms with Crippen molar-refractivity contribution in [3.05, 3.63) is 17.7 Å². The van der Waals surface area contributed by atoms with Crippen molar-refractivity contribution in [2.45, 2.75) is 44.7 Å². The Morgan fingerprint density at radius 2 is 2.21 bits per heavy atom. The molecule has 3 nitrogen and oxygen atoms in total. The van der Waals surface area contributed by atoms with Crippen LogP contribution in [0, 0.1) is 0 Å². The summed E-state index contributed by atoms with van der Waals surface area (Å²) in [6.07, 6.45) is 7.67. The van der Waals surface area contributed by atoms with Gasteiger partial charge in [-0.3, -0.25) is 0 Å². The van der Waals surface area contributed by atoms with Crippen molar-refractivity contribution >= 4 is 0 Å². The van der Waals surface area contributed by atoms with Crippen molar-refractivity contribution in [2.75, 3.05) is 6.54 Å². The largest absolute Gasteiger partial charge is 0.329 e. The molecule has 0 radical (unpaired) electrons. The van der Waals surface area contributed by atoms with Crippen LogP contribution in [0.3, 0.4) is 0 Å². The Labute approximate surface area is 84.5 Å². The van der Waals surface area contributed by atoms with Gasteiger partial charge in [-0.15, -0.1) is 0 Å². The van der Waals surface area contributed by atoms with Crippen LogP contribution in [0.5, 0.6) is 0 Å². The lowest BCUT2D eigenvalue weighted by molar-refractivity contribution is 0.480. The van der Waals surface area contributed by atoms with Gasteiger partial charge < -0.3 is 9.88 Å². The normalized spacial score (nSPS) is 22.6. The standard InChI is InChI=1S/C11H17N3/c1-2-4-9(3-1)10-7-13-11-8-12-5-6-14(10)11/h7,9,12H,1-6,8H2. The van der Waals surface area contributed by atoms with Gasteiger partial charge in [0.2, 0.25) is 0 Å². The van der Waals surface area contributed by atoms with Gasteiger partial charge in [-0.05, 0) is 12.8 Å². The Balaban J connectivity index is 1.93. The van der Waals surface area contributed by atoms with Crippen LogP contribution in [0.1, 0.15) is 43.1 Å². The summed E-state index contributed by atoms with van der Waals surface area (Å²) in [4.78, 5) is 4.50. The van der Waals surface area contributed by atoms with E-state index in [1.807, 2.05) is 0 Å². The molecule has 3 heteroatoms. The molecule has 14 heavy (non-hydrogen) atoms. The molecule has 1 fully saturated rings. The molecule has 0 atom stereocenters. The zero-order chi connectivity index (χ0) is 9.38. The van der Waals surface area contributed by atoms with Crippen LogP contribution in [0.4, 0.5) is 0 Å². The highest BCUT2D eigenvalue weighted by molar-refractivity contribution is 5.13. The molecule has 0 spiro atoms. The molecular formula is C11H17N3. The number of nitrogens with zero attached hydrogens (tertiary/aromatic N) is 2. The van der Waals surface area contributed by atoms with Gasteiger partial charge in [0.1, 0.15) is 5.82 Å². The summed E-state index contributed by atoms with van der Waals surface area (Å²) >= 11 is 0. The highest BCUT2D eigenvalue weighted by Gasteiger charge is 2.23. The van der Waals surface area contributed by atoms with E-state index in [0.29, 0.717) is 0 Å². The topological polar surface area (TPSA) is 29.9 Å². The van der Waals surface area contributed by atoms with Gasteiger partial charge in [0.15, 0.2) is 0 Å². The van der Waals surface area contributed by atoms with Gasteiger partial charge in [-0.25, -0.2) is 4.98 Å². The maximum Gasteiger partial charge on any atom is 0.122 e. The van der Waals surface area contributed by atoms with Gasteiger partial charge in [-0.2, -0.15) is 0 Å². The Bertz CT molecular complexity index is 323. The van der Waals surface area contributed by atoms with Gasteiger partial charge >= 0.3 is 0 Å². The summed E-state index contributed by atoms with van der Waals surface area (Å²) in [5.74, 6) is 2.03.